The average molecular weight is 285 g/mol. The maximum absolute atomic E-state index is 3.47. The van der Waals surface area contributed by atoms with Gasteiger partial charge in [-0.1, -0.05) is 55.8 Å². The van der Waals surface area contributed by atoms with E-state index in [2.05, 4.69) is 74.6 Å². The van der Waals surface area contributed by atoms with Crippen LogP contribution < -0.4 is 5.32 Å². The van der Waals surface area contributed by atoms with E-state index in [1.165, 1.54) is 22.4 Å². The third kappa shape index (κ3) is 4.93. The molecule has 0 unspecified atom stereocenters. The van der Waals surface area contributed by atoms with E-state index in [1.807, 2.05) is 11.8 Å². The van der Waals surface area contributed by atoms with Crippen LogP contribution in [-0.4, -0.2) is 5.25 Å². The van der Waals surface area contributed by atoms with E-state index in [0.29, 0.717) is 5.25 Å². The Morgan fingerprint density at radius 1 is 1.00 bits per heavy atom. The van der Waals surface area contributed by atoms with Gasteiger partial charge in [0.2, 0.25) is 0 Å². The maximum atomic E-state index is 3.47. The lowest BCUT2D eigenvalue weighted by molar-refractivity contribution is 1.11. The molecular formula is C18H23NS. The lowest BCUT2D eigenvalue weighted by Gasteiger charge is -2.09. The van der Waals surface area contributed by atoms with Gasteiger partial charge in [0, 0.05) is 18.0 Å². The molecule has 106 valence electrons. The minimum absolute atomic E-state index is 0.689. The van der Waals surface area contributed by atoms with Gasteiger partial charge in [0.1, 0.15) is 0 Å². The summed E-state index contributed by atoms with van der Waals surface area (Å²) >= 11 is 1.98. The molecule has 2 aromatic rings. The number of hydrogen-bond acceptors (Lipinski definition) is 2. The van der Waals surface area contributed by atoms with Gasteiger partial charge in [-0.2, -0.15) is 11.8 Å². The van der Waals surface area contributed by atoms with Gasteiger partial charge in [-0.15, -0.1) is 0 Å². The van der Waals surface area contributed by atoms with Gasteiger partial charge in [0.15, 0.2) is 0 Å². The molecule has 0 spiro atoms. The van der Waals surface area contributed by atoms with E-state index in [-0.39, 0.29) is 0 Å². The molecule has 1 nitrogen and oxygen atoms in total. The Labute approximate surface area is 126 Å². The zero-order chi connectivity index (χ0) is 14.4. The summed E-state index contributed by atoms with van der Waals surface area (Å²) in [5, 5.41) is 4.16. The fourth-order valence-corrected chi connectivity index (χ4v) is 2.73. The Kier molecular flexibility index (Phi) is 5.54. The van der Waals surface area contributed by atoms with Gasteiger partial charge in [-0.3, -0.25) is 0 Å². The Balaban J connectivity index is 1.87. The summed E-state index contributed by atoms with van der Waals surface area (Å²) in [4.78, 5) is 0. The minimum Gasteiger partial charge on any atom is -0.381 e. The number of thioether (sulfide) groups is 1. The third-order valence-electron chi connectivity index (χ3n) is 3.12. The molecule has 0 aliphatic heterocycles. The van der Waals surface area contributed by atoms with E-state index in [9.17, 15) is 0 Å². The highest BCUT2D eigenvalue weighted by Crippen LogP contribution is 2.19. The molecule has 0 aliphatic rings. The number of aryl methyl sites for hydroxylation is 1. The topological polar surface area (TPSA) is 12.0 Å². The molecule has 20 heavy (non-hydrogen) atoms. The van der Waals surface area contributed by atoms with Crippen molar-refractivity contribution in [2.24, 2.45) is 0 Å². The molecule has 2 rings (SSSR count). The van der Waals surface area contributed by atoms with Crippen molar-refractivity contribution in [3.05, 3.63) is 65.2 Å². The van der Waals surface area contributed by atoms with Crippen LogP contribution in [0.25, 0.3) is 0 Å². The highest BCUT2D eigenvalue weighted by atomic mass is 32.2. The van der Waals surface area contributed by atoms with E-state index in [1.54, 1.807) is 0 Å². The first-order chi connectivity index (χ1) is 9.63. The predicted molar refractivity (Wildman–Crippen MR) is 91.4 cm³/mol. The molecule has 1 N–H and O–H groups in total. The summed E-state index contributed by atoms with van der Waals surface area (Å²) in [6, 6.07) is 17.4. The molecule has 0 aliphatic carbocycles. The van der Waals surface area contributed by atoms with Crippen molar-refractivity contribution in [2.45, 2.75) is 38.3 Å². The van der Waals surface area contributed by atoms with Gasteiger partial charge in [0.05, 0.1) is 0 Å². The van der Waals surface area contributed by atoms with Crippen LogP contribution >= 0.6 is 11.8 Å². The number of benzene rings is 2. The second kappa shape index (κ2) is 7.39. The van der Waals surface area contributed by atoms with E-state index in [0.717, 1.165) is 12.3 Å². The average Bonchev–Trinajstić information content (AvgIpc) is 2.44. The van der Waals surface area contributed by atoms with Gasteiger partial charge >= 0.3 is 0 Å². The van der Waals surface area contributed by atoms with Gasteiger partial charge < -0.3 is 5.32 Å². The standard InChI is InChI=1S/C18H23NS/c1-14(2)20-13-16-7-9-18(10-8-16)19-12-17-6-4-5-15(3)11-17/h4-11,14,19H,12-13H2,1-3H3. The van der Waals surface area contributed by atoms with Crippen LogP contribution in [0.3, 0.4) is 0 Å². The van der Waals surface area contributed by atoms with Crippen LogP contribution in [-0.2, 0) is 12.3 Å². The summed E-state index contributed by atoms with van der Waals surface area (Å²) < 4.78 is 0. The molecular weight excluding hydrogens is 262 g/mol. The van der Waals surface area contributed by atoms with Crippen molar-refractivity contribution in [3.63, 3.8) is 0 Å². The molecule has 0 fully saturated rings. The molecule has 0 bridgehead atoms. The largest absolute Gasteiger partial charge is 0.381 e. The molecule has 0 radical (unpaired) electrons. The van der Waals surface area contributed by atoms with Crippen LogP contribution in [0, 0.1) is 6.92 Å². The van der Waals surface area contributed by atoms with Gasteiger partial charge in [0.25, 0.3) is 0 Å². The van der Waals surface area contributed by atoms with Crippen molar-refractivity contribution >= 4 is 17.4 Å². The number of nitrogens with one attached hydrogen (secondary N) is 1. The number of rotatable bonds is 6. The van der Waals surface area contributed by atoms with Crippen molar-refractivity contribution in [2.75, 3.05) is 5.32 Å². The first-order valence-corrected chi connectivity index (χ1v) is 8.18. The monoisotopic (exact) mass is 285 g/mol. The van der Waals surface area contributed by atoms with Crippen molar-refractivity contribution in [1.29, 1.82) is 0 Å². The van der Waals surface area contributed by atoms with Gasteiger partial charge in [-0.05, 0) is 35.4 Å². The normalized spacial score (nSPS) is 10.8. The Morgan fingerprint density at radius 2 is 1.75 bits per heavy atom. The number of anilines is 1. The molecule has 0 saturated carbocycles. The zero-order valence-corrected chi connectivity index (χ0v) is 13.3. The summed E-state index contributed by atoms with van der Waals surface area (Å²) in [5.41, 5.74) is 5.21. The Hall–Kier alpha value is -1.41. The fourth-order valence-electron chi connectivity index (χ4n) is 2.01. The van der Waals surface area contributed by atoms with Crippen LogP contribution in [0.5, 0.6) is 0 Å². The number of hydrogen-bond donors (Lipinski definition) is 1. The van der Waals surface area contributed by atoms with Crippen LogP contribution in [0.4, 0.5) is 5.69 Å². The Morgan fingerprint density at radius 3 is 2.40 bits per heavy atom. The molecule has 0 amide bonds. The predicted octanol–water partition coefficient (Wildman–Crippen LogP) is 5.25. The lowest BCUT2D eigenvalue weighted by atomic mass is 10.1. The lowest BCUT2D eigenvalue weighted by Crippen LogP contribution is -1.99. The quantitative estimate of drug-likeness (QED) is 0.778. The van der Waals surface area contributed by atoms with E-state index in [4.69, 9.17) is 0 Å². The summed E-state index contributed by atoms with van der Waals surface area (Å²) in [7, 11) is 0. The van der Waals surface area contributed by atoms with E-state index < -0.39 is 0 Å². The second-order valence-electron chi connectivity index (χ2n) is 5.40. The first kappa shape index (κ1) is 15.0. The van der Waals surface area contributed by atoms with E-state index >= 15 is 0 Å². The highest BCUT2D eigenvalue weighted by molar-refractivity contribution is 7.99. The van der Waals surface area contributed by atoms with Crippen LogP contribution in [0.2, 0.25) is 0 Å². The molecule has 2 heteroatoms. The summed E-state index contributed by atoms with van der Waals surface area (Å²) in [5.74, 6) is 1.09. The third-order valence-corrected chi connectivity index (χ3v) is 4.28. The molecule has 0 aromatic heterocycles. The first-order valence-electron chi connectivity index (χ1n) is 7.13. The SMILES string of the molecule is Cc1cccc(CNc2ccc(CSC(C)C)cc2)c1. The Bertz CT molecular complexity index is 531. The van der Waals surface area contributed by atoms with Crippen molar-refractivity contribution in [3.8, 4) is 0 Å². The molecule has 0 saturated heterocycles. The highest BCUT2D eigenvalue weighted by Gasteiger charge is 1.98. The maximum Gasteiger partial charge on any atom is 0.0400 e. The summed E-state index contributed by atoms with van der Waals surface area (Å²) in [6.45, 7) is 7.48. The minimum atomic E-state index is 0.689. The van der Waals surface area contributed by atoms with Crippen LogP contribution in [0.1, 0.15) is 30.5 Å². The molecule has 2 aromatic carbocycles. The zero-order valence-electron chi connectivity index (χ0n) is 12.5. The van der Waals surface area contributed by atoms with Crippen molar-refractivity contribution in [1.82, 2.24) is 0 Å². The smallest absolute Gasteiger partial charge is 0.0400 e. The van der Waals surface area contributed by atoms with Gasteiger partial charge in [-0.25, -0.2) is 0 Å². The van der Waals surface area contributed by atoms with Crippen LogP contribution in [0.15, 0.2) is 48.5 Å². The summed E-state index contributed by atoms with van der Waals surface area (Å²) in [6.07, 6.45) is 0. The van der Waals surface area contributed by atoms with Crippen molar-refractivity contribution < 1.29 is 0 Å². The molecule has 0 heterocycles. The fraction of sp³-hybridized carbons (Fsp3) is 0.333. The molecule has 0 atom stereocenters. The second-order valence-corrected chi connectivity index (χ2v) is 6.96.